The lowest BCUT2D eigenvalue weighted by Gasteiger charge is -2.31. The molecule has 0 atom stereocenters. The molecule has 1 aliphatic rings. The van der Waals surface area contributed by atoms with E-state index in [1.165, 1.54) is 6.07 Å². The molecule has 1 heterocycles. The van der Waals surface area contributed by atoms with Crippen molar-refractivity contribution < 1.29 is 14.6 Å². The number of carbonyl (C=O) groups is 1. The largest absolute Gasteiger partial charge is 0.508 e. The highest BCUT2D eigenvalue weighted by Crippen LogP contribution is 2.36. The van der Waals surface area contributed by atoms with Gasteiger partial charge in [0, 0.05) is 0 Å². The van der Waals surface area contributed by atoms with Crippen molar-refractivity contribution in [2.75, 3.05) is 0 Å². The zero-order valence-electron chi connectivity index (χ0n) is 9.13. The Hall–Kier alpha value is -1.51. The number of fused-ring (bicyclic) bond motifs is 1. The fourth-order valence-corrected chi connectivity index (χ4v) is 1.79. The number of hydrogen-bond donors (Lipinski definition) is 1. The van der Waals surface area contributed by atoms with Gasteiger partial charge in [-0.25, -0.2) is 0 Å². The van der Waals surface area contributed by atoms with Gasteiger partial charge in [0.2, 0.25) is 0 Å². The highest BCUT2D eigenvalue weighted by Gasteiger charge is 2.32. The fraction of sp³-hybridized carbons (Fsp3) is 0.417. The van der Waals surface area contributed by atoms with Gasteiger partial charge in [-0.05, 0) is 38.5 Å². The number of aryl methyl sites for hydroxylation is 1. The van der Waals surface area contributed by atoms with E-state index in [4.69, 9.17) is 4.74 Å². The van der Waals surface area contributed by atoms with Gasteiger partial charge in [0.15, 0.2) is 5.78 Å². The third kappa shape index (κ3) is 1.69. The topological polar surface area (TPSA) is 46.5 Å². The van der Waals surface area contributed by atoms with E-state index >= 15 is 0 Å². The summed E-state index contributed by atoms with van der Waals surface area (Å²) in [6.45, 7) is 5.55. The molecule has 0 radical (unpaired) electrons. The molecule has 1 aromatic carbocycles. The van der Waals surface area contributed by atoms with E-state index in [-0.39, 0.29) is 11.5 Å². The lowest BCUT2D eigenvalue weighted by Crippen LogP contribution is -2.35. The number of benzene rings is 1. The second kappa shape index (κ2) is 2.99. The first-order chi connectivity index (χ1) is 6.89. The first-order valence-electron chi connectivity index (χ1n) is 4.95. The molecule has 0 aromatic heterocycles. The molecule has 0 saturated heterocycles. The van der Waals surface area contributed by atoms with Crippen LogP contribution >= 0.6 is 0 Å². The maximum absolute atomic E-state index is 11.8. The van der Waals surface area contributed by atoms with Crippen LogP contribution in [0.4, 0.5) is 0 Å². The minimum atomic E-state index is -0.451. The molecule has 2 rings (SSSR count). The van der Waals surface area contributed by atoms with E-state index in [1.807, 2.05) is 13.8 Å². The molecular formula is C12H14O3. The number of phenols is 1. The zero-order chi connectivity index (χ0) is 11.2. The molecule has 15 heavy (non-hydrogen) atoms. The molecule has 0 saturated carbocycles. The van der Waals surface area contributed by atoms with Crippen molar-refractivity contribution in [1.82, 2.24) is 0 Å². The minimum absolute atomic E-state index is 0.0246. The van der Waals surface area contributed by atoms with Gasteiger partial charge in [-0.1, -0.05) is 0 Å². The van der Waals surface area contributed by atoms with Crippen molar-refractivity contribution in [3.8, 4) is 11.5 Å². The summed E-state index contributed by atoms with van der Waals surface area (Å²) >= 11 is 0. The highest BCUT2D eigenvalue weighted by molar-refractivity contribution is 6.00. The van der Waals surface area contributed by atoms with Crippen molar-refractivity contribution in [1.29, 1.82) is 0 Å². The van der Waals surface area contributed by atoms with Gasteiger partial charge in [-0.2, -0.15) is 0 Å². The summed E-state index contributed by atoms with van der Waals surface area (Å²) in [6, 6.07) is 3.20. The van der Waals surface area contributed by atoms with Crippen molar-refractivity contribution >= 4 is 5.78 Å². The summed E-state index contributed by atoms with van der Waals surface area (Å²) in [5.74, 6) is 0.744. The van der Waals surface area contributed by atoms with Crippen LogP contribution in [0.5, 0.6) is 11.5 Å². The average Bonchev–Trinajstić information content (AvgIpc) is 2.07. The molecule has 1 aromatic rings. The van der Waals surface area contributed by atoms with Crippen molar-refractivity contribution in [3.05, 3.63) is 23.3 Å². The maximum atomic E-state index is 11.8. The predicted molar refractivity (Wildman–Crippen MR) is 56.5 cm³/mol. The molecule has 3 heteroatoms. The average molecular weight is 206 g/mol. The van der Waals surface area contributed by atoms with Gasteiger partial charge in [0.25, 0.3) is 0 Å². The molecule has 80 valence electrons. The monoisotopic (exact) mass is 206 g/mol. The number of carbonyl (C=O) groups excluding carboxylic acids is 1. The normalized spacial score (nSPS) is 18.2. The Balaban J connectivity index is 2.56. The molecule has 0 fully saturated rings. The fourth-order valence-electron chi connectivity index (χ4n) is 1.79. The third-order valence-electron chi connectivity index (χ3n) is 2.57. The zero-order valence-corrected chi connectivity index (χ0v) is 9.13. The summed E-state index contributed by atoms with van der Waals surface area (Å²) < 4.78 is 5.69. The Morgan fingerprint density at radius 1 is 1.40 bits per heavy atom. The molecule has 0 unspecified atom stereocenters. The molecular weight excluding hydrogens is 192 g/mol. The minimum Gasteiger partial charge on any atom is -0.508 e. The first-order valence-corrected chi connectivity index (χ1v) is 4.95. The van der Waals surface area contributed by atoms with Crippen molar-refractivity contribution in [3.63, 3.8) is 0 Å². The van der Waals surface area contributed by atoms with Gasteiger partial charge in [0.1, 0.15) is 17.1 Å². The summed E-state index contributed by atoms with van der Waals surface area (Å²) in [4.78, 5) is 11.8. The van der Waals surface area contributed by atoms with Crippen LogP contribution in [0.25, 0.3) is 0 Å². The van der Waals surface area contributed by atoms with Crippen molar-refractivity contribution in [2.45, 2.75) is 32.8 Å². The maximum Gasteiger partial charge on any atom is 0.170 e. The molecule has 0 aliphatic carbocycles. The summed E-state index contributed by atoms with van der Waals surface area (Å²) in [5, 5.41) is 9.52. The Morgan fingerprint density at radius 2 is 2.07 bits per heavy atom. The van der Waals surface area contributed by atoms with Gasteiger partial charge < -0.3 is 9.84 Å². The van der Waals surface area contributed by atoms with Gasteiger partial charge in [-0.15, -0.1) is 0 Å². The van der Waals surface area contributed by atoms with Crippen LogP contribution < -0.4 is 4.74 Å². The number of aromatic hydroxyl groups is 1. The van der Waals surface area contributed by atoms with Gasteiger partial charge in [-0.3, -0.25) is 4.79 Å². The lowest BCUT2D eigenvalue weighted by molar-refractivity contribution is 0.0618. The van der Waals surface area contributed by atoms with E-state index in [0.717, 1.165) is 5.56 Å². The Labute approximate surface area is 88.7 Å². The number of hydrogen-bond acceptors (Lipinski definition) is 3. The molecule has 3 nitrogen and oxygen atoms in total. The quantitative estimate of drug-likeness (QED) is 0.709. The van der Waals surface area contributed by atoms with E-state index in [1.54, 1.807) is 13.0 Å². The van der Waals surface area contributed by atoms with Gasteiger partial charge >= 0.3 is 0 Å². The summed E-state index contributed by atoms with van der Waals surface area (Å²) in [7, 11) is 0. The standard InChI is InChI=1S/C12H14O3/c1-7-4-11-8(5-9(7)13)10(14)6-12(2,3)15-11/h4-5,13H,6H2,1-3H3. The summed E-state index contributed by atoms with van der Waals surface area (Å²) in [5.41, 5.74) is 0.754. The Bertz CT molecular complexity index is 433. The van der Waals surface area contributed by atoms with Crippen LogP contribution in [0.3, 0.4) is 0 Å². The molecule has 0 amide bonds. The number of ketones is 1. The molecule has 0 spiro atoms. The first kappa shape index (κ1) is 10.0. The number of rotatable bonds is 0. The number of phenolic OH excluding ortho intramolecular Hbond substituents is 1. The number of ether oxygens (including phenoxy) is 1. The smallest absolute Gasteiger partial charge is 0.170 e. The molecule has 0 bridgehead atoms. The van der Waals surface area contributed by atoms with Gasteiger partial charge in [0.05, 0.1) is 12.0 Å². The highest BCUT2D eigenvalue weighted by atomic mass is 16.5. The SMILES string of the molecule is Cc1cc2c(cc1O)C(=O)CC(C)(C)O2. The van der Waals surface area contributed by atoms with E-state index in [9.17, 15) is 9.90 Å². The third-order valence-corrected chi connectivity index (χ3v) is 2.57. The van der Waals surface area contributed by atoms with Crippen LogP contribution in [0, 0.1) is 6.92 Å². The predicted octanol–water partition coefficient (Wildman–Crippen LogP) is 2.44. The Morgan fingerprint density at radius 3 is 2.73 bits per heavy atom. The van der Waals surface area contributed by atoms with Crippen LogP contribution in [0.1, 0.15) is 36.2 Å². The molecule has 1 N–H and O–H groups in total. The van der Waals surface area contributed by atoms with Crippen LogP contribution in [-0.2, 0) is 0 Å². The van der Waals surface area contributed by atoms with E-state index < -0.39 is 5.60 Å². The van der Waals surface area contributed by atoms with Crippen LogP contribution in [0.2, 0.25) is 0 Å². The van der Waals surface area contributed by atoms with Crippen LogP contribution in [0.15, 0.2) is 12.1 Å². The van der Waals surface area contributed by atoms with E-state index in [2.05, 4.69) is 0 Å². The second-order valence-corrected chi connectivity index (χ2v) is 4.60. The van der Waals surface area contributed by atoms with E-state index in [0.29, 0.717) is 17.7 Å². The Kier molecular flexibility index (Phi) is 2.00. The second-order valence-electron chi connectivity index (χ2n) is 4.60. The molecule has 1 aliphatic heterocycles. The van der Waals surface area contributed by atoms with Crippen molar-refractivity contribution in [2.24, 2.45) is 0 Å². The summed E-state index contributed by atoms with van der Waals surface area (Å²) in [6.07, 6.45) is 0.350. The van der Waals surface area contributed by atoms with Crippen LogP contribution in [-0.4, -0.2) is 16.5 Å². The number of Topliss-reactive ketones (excluding diaryl/α,β-unsaturated/α-hetero) is 1. The lowest BCUT2D eigenvalue weighted by atomic mass is 9.92.